The van der Waals surface area contributed by atoms with Crippen LogP contribution in [0.3, 0.4) is 0 Å². The SMILES string of the molecule is COc1ccc(CN(Cc2ccc(OC)cc2)c2nc(C)nc(-c3cc(CN4CCN(C(=O)OC(C)(C)C)[C@H](C)C4)cnc3Nc3cnc(OC)c(F)c3)n2)cc1. The van der Waals surface area contributed by atoms with Crippen LogP contribution < -0.4 is 24.4 Å². The van der Waals surface area contributed by atoms with Crippen molar-refractivity contribution in [3.05, 3.63) is 101 Å². The molecule has 0 unspecified atom stereocenters. The van der Waals surface area contributed by atoms with E-state index in [1.54, 1.807) is 25.3 Å². The molecule has 1 amide bonds. The summed E-state index contributed by atoms with van der Waals surface area (Å²) < 4.78 is 36.3. The maximum Gasteiger partial charge on any atom is 0.410 e. The molecule has 3 aromatic heterocycles. The molecule has 4 heterocycles. The van der Waals surface area contributed by atoms with Gasteiger partial charge in [0.2, 0.25) is 11.8 Å². The molecule has 15 heteroatoms. The third-order valence-electron chi connectivity index (χ3n) is 9.28. The molecule has 0 radical (unpaired) electrons. The Hall–Kier alpha value is -6.09. The third kappa shape index (κ3) is 10.6. The molecule has 0 saturated carbocycles. The van der Waals surface area contributed by atoms with Gasteiger partial charge in [-0.25, -0.2) is 24.1 Å². The summed E-state index contributed by atoms with van der Waals surface area (Å²) in [6.45, 7) is 12.8. The molecule has 1 fully saturated rings. The van der Waals surface area contributed by atoms with Crippen molar-refractivity contribution in [2.75, 3.05) is 51.2 Å². The van der Waals surface area contributed by atoms with Crippen LogP contribution in [0.2, 0.25) is 0 Å². The second-order valence-corrected chi connectivity index (χ2v) is 14.9. The van der Waals surface area contributed by atoms with Gasteiger partial charge in [-0.15, -0.1) is 0 Å². The van der Waals surface area contributed by atoms with Gasteiger partial charge in [0, 0.05) is 57.6 Å². The maximum atomic E-state index is 14.8. The predicted molar refractivity (Wildman–Crippen MR) is 215 cm³/mol. The van der Waals surface area contributed by atoms with Gasteiger partial charge in [0.25, 0.3) is 0 Å². The lowest BCUT2D eigenvalue weighted by Crippen LogP contribution is -2.54. The van der Waals surface area contributed by atoms with Crippen molar-refractivity contribution >= 4 is 23.5 Å². The quantitative estimate of drug-likeness (QED) is 0.129. The van der Waals surface area contributed by atoms with Gasteiger partial charge in [-0.05, 0) is 81.6 Å². The number of hydrogen-bond donors (Lipinski definition) is 1. The van der Waals surface area contributed by atoms with Crippen molar-refractivity contribution in [3.8, 4) is 28.8 Å². The Balaban J connectivity index is 1.35. The van der Waals surface area contributed by atoms with Gasteiger partial charge in [0.15, 0.2) is 11.6 Å². The van der Waals surface area contributed by atoms with E-state index in [9.17, 15) is 9.18 Å². The lowest BCUT2D eigenvalue weighted by atomic mass is 10.1. The van der Waals surface area contributed by atoms with Crippen LogP contribution in [0.1, 0.15) is 50.2 Å². The van der Waals surface area contributed by atoms with E-state index in [2.05, 4.69) is 20.1 Å². The van der Waals surface area contributed by atoms with E-state index >= 15 is 0 Å². The summed E-state index contributed by atoms with van der Waals surface area (Å²) >= 11 is 0. The third-order valence-corrected chi connectivity index (χ3v) is 9.28. The Morgan fingerprint density at radius 2 is 1.51 bits per heavy atom. The van der Waals surface area contributed by atoms with E-state index in [1.165, 1.54) is 19.4 Å². The minimum Gasteiger partial charge on any atom is -0.497 e. The number of ether oxygens (including phenoxy) is 4. The molecule has 0 spiro atoms. The van der Waals surface area contributed by atoms with E-state index in [0.717, 1.165) is 28.2 Å². The first-order valence-electron chi connectivity index (χ1n) is 18.7. The van der Waals surface area contributed by atoms with E-state index in [0.29, 0.717) is 73.9 Å². The van der Waals surface area contributed by atoms with Crippen LogP contribution in [-0.4, -0.2) is 93.4 Å². The van der Waals surface area contributed by atoms with Crippen LogP contribution in [-0.2, 0) is 24.4 Å². The molecule has 6 rings (SSSR count). The molecule has 1 aliphatic heterocycles. The number of piperazine rings is 1. The van der Waals surface area contributed by atoms with Crippen molar-refractivity contribution in [3.63, 3.8) is 0 Å². The highest BCUT2D eigenvalue weighted by Crippen LogP contribution is 2.31. The standard InChI is InChI=1S/C42H50FN9O5/c1-27-23-50(17-18-52(27)41(53)57-42(3,4)5)24-31-19-35(37(44-21-31)48-32-20-36(43)39(56-8)45-22-32)38-46-28(2)47-40(49-38)51(25-29-9-13-33(54-6)14-10-29)26-30-11-15-34(55-7)16-12-30/h9-16,19-22,27H,17-18,23-26H2,1-8H3,(H,44,48)/t27-/m1/s1. The molecule has 2 aromatic carbocycles. The summed E-state index contributed by atoms with van der Waals surface area (Å²) in [5.41, 5.74) is 3.35. The van der Waals surface area contributed by atoms with Crippen LogP contribution in [0.5, 0.6) is 17.4 Å². The summed E-state index contributed by atoms with van der Waals surface area (Å²) in [4.78, 5) is 42.6. The zero-order chi connectivity index (χ0) is 40.7. The molecule has 300 valence electrons. The zero-order valence-electron chi connectivity index (χ0n) is 33.7. The Morgan fingerprint density at radius 3 is 2.07 bits per heavy atom. The van der Waals surface area contributed by atoms with E-state index in [1.807, 2.05) is 89.2 Å². The van der Waals surface area contributed by atoms with Crippen molar-refractivity contribution in [2.45, 2.75) is 65.9 Å². The summed E-state index contributed by atoms with van der Waals surface area (Å²) in [6, 6.07) is 19.0. The lowest BCUT2D eigenvalue weighted by Gasteiger charge is -2.40. The second kappa shape index (κ2) is 17.8. The average molecular weight is 780 g/mol. The number of nitrogens with one attached hydrogen (secondary N) is 1. The van der Waals surface area contributed by atoms with Crippen LogP contribution >= 0.6 is 0 Å². The summed E-state index contributed by atoms with van der Waals surface area (Å²) in [5, 5.41) is 3.23. The molecule has 5 aromatic rings. The minimum atomic E-state index is -0.619. The van der Waals surface area contributed by atoms with Gasteiger partial charge in [0.1, 0.15) is 28.7 Å². The maximum absolute atomic E-state index is 14.8. The first-order valence-corrected chi connectivity index (χ1v) is 18.7. The van der Waals surface area contributed by atoms with Crippen LogP contribution in [0, 0.1) is 12.7 Å². The lowest BCUT2D eigenvalue weighted by molar-refractivity contribution is 0.000545. The number of halogens is 1. The Kier molecular flexibility index (Phi) is 12.7. The molecule has 1 aliphatic rings. The number of amides is 1. The van der Waals surface area contributed by atoms with E-state index in [-0.39, 0.29) is 18.0 Å². The Labute approximate surface area is 333 Å². The van der Waals surface area contributed by atoms with Gasteiger partial charge in [-0.1, -0.05) is 24.3 Å². The average Bonchev–Trinajstić information content (AvgIpc) is 3.18. The highest BCUT2D eigenvalue weighted by atomic mass is 19.1. The number of methoxy groups -OCH3 is 3. The summed E-state index contributed by atoms with van der Waals surface area (Å²) in [6.07, 6.45) is 2.94. The molecule has 1 saturated heterocycles. The molecular weight excluding hydrogens is 730 g/mol. The van der Waals surface area contributed by atoms with Gasteiger partial charge in [0.05, 0.1) is 38.8 Å². The van der Waals surface area contributed by atoms with Gasteiger partial charge >= 0.3 is 6.09 Å². The van der Waals surface area contributed by atoms with Crippen LogP contribution in [0.4, 0.5) is 26.6 Å². The van der Waals surface area contributed by atoms with Crippen LogP contribution in [0.15, 0.2) is 73.1 Å². The fourth-order valence-corrected chi connectivity index (χ4v) is 6.50. The molecule has 1 atom stereocenters. The summed E-state index contributed by atoms with van der Waals surface area (Å²) in [7, 11) is 4.65. The van der Waals surface area contributed by atoms with Crippen molar-refractivity contribution in [1.82, 2.24) is 34.7 Å². The van der Waals surface area contributed by atoms with Crippen molar-refractivity contribution in [2.24, 2.45) is 0 Å². The van der Waals surface area contributed by atoms with Crippen molar-refractivity contribution in [1.29, 1.82) is 0 Å². The topological polar surface area (TPSA) is 140 Å². The number of benzene rings is 2. The van der Waals surface area contributed by atoms with Crippen LogP contribution in [0.25, 0.3) is 11.4 Å². The number of hydrogen-bond acceptors (Lipinski definition) is 13. The normalized spacial score (nSPS) is 14.5. The number of aryl methyl sites for hydroxylation is 1. The summed E-state index contributed by atoms with van der Waals surface area (Å²) in [5.74, 6) is 2.54. The van der Waals surface area contributed by atoms with Crippen molar-refractivity contribution < 1.29 is 28.1 Å². The largest absolute Gasteiger partial charge is 0.497 e. The van der Waals surface area contributed by atoms with Gasteiger partial charge in [-0.3, -0.25) is 4.90 Å². The first-order chi connectivity index (χ1) is 27.3. The number of carbonyl (C=O) groups excluding carboxylic acids is 1. The Morgan fingerprint density at radius 1 is 0.860 bits per heavy atom. The minimum absolute atomic E-state index is 0.0597. The molecule has 14 nitrogen and oxygen atoms in total. The molecule has 0 aliphatic carbocycles. The van der Waals surface area contributed by atoms with Gasteiger partial charge < -0.3 is 34.1 Å². The number of rotatable bonds is 13. The van der Waals surface area contributed by atoms with E-state index in [4.69, 9.17) is 38.9 Å². The van der Waals surface area contributed by atoms with E-state index < -0.39 is 11.4 Å². The fraction of sp³-hybridized carbons (Fsp3) is 0.381. The second-order valence-electron chi connectivity index (χ2n) is 14.9. The smallest absolute Gasteiger partial charge is 0.410 e. The Bertz CT molecular complexity index is 2100. The fourth-order valence-electron chi connectivity index (χ4n) is 6.50. The molecule has 0 bridgehead atoms. The first kappa shape index (κ1) is 40.6. The van der Waals surface area contributed by atoms with Gasteiger partial charge in [-0.2, -0.15) is 9.97 Å². The molecular formula is C42H50FN9O5. The number of aromatic nitrogens is 5. The monoisotopic (exact) mass is 779 g/mol. The number of nitrogens with zero attached hydrogens (tertiary/aromatic N) is 8. The predicted octanol–water partition coefficient (Wildman–Crippen LogP) is 7.19. The number of pyridine rings is 2. The molecule has 1 N–H and O–H groups in total. The highest BCUT2D eigenvalue weighted by molar-refractivity contribution is 5.75. The number of anilines is 3. The molecule has 57 heavy (non-hydrogen) atoms. The zero-order valence-corrected chi connectivity index (χ0v) is 33.7. The number of carbonyl (C=O) groups is 1. The highest BCUT2D eigenvalue weighted by Gasteiger charge is 2.31.